The van der Waals surface area contributed by atoms with Gasteiger partial charge in [0.1, 0.15) is 5.75 Å². The number of amides is 1. The Labute approximate surface area is 118 Å². The second-order valence-electron chi connectivity index (χ2n) is 5.31. The van der Waals surface area contributed by atoms with Gasteiger partial charge in [-0.1, -0.05) is 0 Å². The number of carbonyl (C=O) groups excluding carboxylic acids is 1. The molecular formula is C15H18ClNO2. The number of benzene rings is 1. The second kappa shape index (κ2) is 5.41. The fraction of sp³-hybridized carbons (Fsp3) is 0.533. The highest BCUT2D eigenvalue weighted by Crippen LogP contribution is 2.27. The van der Waals surface area contributed by atoms with Crippen molar-refractivity contribution in [1.29, 1.82) is 0 Å². The summed E-state index contributed by atoms with van der Waals surface area (Å²) in [7, 11) is 0. The van der Waals surface area contributed by atoms with E-state index in [0.29, 0.717) is 11.8 Å². The number of piperidine rings is 1. The van der Waals surface area contributed by atoms with E-state index in [1.165, 1.54) is 0 Å². The van der Waals surface area contributed by atoms with Gasteiger partial charge in [-0.05, 0) is 42.5 Å². The Bertz CT molecular complexity index is 481. The minimum Gasteiger partial charge on any atom is -0.493 e. The first-order valence-electron chi connectivity index (χ1n) is 6.89. The summed E-state index contributed by atoms with van der Waals surface area (Å²) in [5.74, 6) is 2.34. The average molecular weight is 280 g/mol. The summed E-state index contributed by atoms with van der Waals surface area (Å²) in [6, 6.07) is 5.78. The van der Waals surface area contributed by atoms with Crippen LogP contribution in [-0.4, -0.2) is 36.4 Å². The SMILES string of the molecule is O=C(c1ccc2c(c1)CCO2)N1CCC(CCl)CC1. The highest BCUT2D eigenvalue weighted by Gasteiger charge is 2.24. The predicted octanol–water partition coefficient (Wildman–Crippen LogP) is 2.71. The lowest BCUT2D eigenvalue weighted by Gasteiger charge is -2.31. The van der Waals surface area contributed by atoms with E-state index in [4.69, 9.17) is 16.3 Å². The van der Waals surface area contributed by atoms with Crippen molar-refractivity contribution in [2.75, 3.05) is 25.6 Å². The average Bonchev–Trinajstić information content (AvgIpc) is 2.94. The van der Waals surface area contributed by atoms with E-state index < -0.39 is 0 Å². The molecule has 0 aliphatic carbocycles. The van der Waals surface area contributed by atoms with Crippen LogP contribution in [0.3, 0.4) is 0 Å². The van der Waals surface area contributed by atoms with Gasteiger partial charge in [0.05, 0.1) is 6.61 Å². The molecule has 0 aromatic heterocycles. The van der Waals surface area contributed by atoms with E-state index in [0.717, 1.165) is 55.8 Å². The number of ether oxygens (including phenoxy) is 1. The van der Waals surface area contributed by atoms with Gasteiger partial charge in [-0.15, -0.1) is 11.6 Å². The van der Waals surface area contributed by atoms with Gasteiger partial charge in [-0.2, -0.15) is 0 Å². The van der Waals surface area contributed by atoms with Crippen LogP contribution >= 0.6 is 11.6 Å². The maximum Gasteiger partial charge on any atom is 0.253 e. The van der Waals surface area contributed by atoms with E-state index in [-0.39, 0.29) is 5.91 Å². The molecule has 1 aromatic carbocycles. The molecule has 1 fully saturated rings. The predicted molar refractivity (Wildman–Crippen MR) is 75.0 cm³/mol. The van der Waals surface area contributed by atoms with Crippen molar-refractivity contribution in [3.8, 4) is 5.75 Å². The Morgan fingerprint density at radius 2 is 2.16 bits per heavy atom. The van der Waals surface area contributed by atoms with Crippen molar-refractivity contribution < 1.29 is 9.53 Å². The summed E-state index contributed by atoms with van der Waals surface area (Å²) < 4.78 is 5.47. The van der Waals surface area contributed by atoms with E-state index in [9.17, 15) is 4.79 Å². The monoisotopic (exact) mass is 279 g/mol. The maximum absolute atomic E-state index is 12.4. The van der Waals surface area contributed by atoms with Gasteiger partial charge in [0, 0.05) is 31.0 Å². The topological polar surface area (TPSA) is 29.5 Å². The molecular weight excluding hydrogens is 262 g/mol. The molecule has 1 aromatic rings. The van der Waals surface area contributed by atoms with Crippen molar-refractivity contribution in [2.45, 2.75) is 19.3 Å². The molecule has 2 aliphatic heterocycles. The number of fused-ring (bicyclic) bond motifs is 1. The van der Waals surface area contributed by atoms with Crippen LogP contribution in [-0.2, 0) is 6.42 Å². The largest absolute Gasteiger partial charge is 0.493 e. The van der Waals surface area contributed by atoms with Crippen molar-refractivity contribution in [1.82, 2.24) is 4.90 Å². The number of halogens is 1. The normalized spacial score (nSPS) is 19.1. The smallest absolute Gasteiger partial charge is 0.253 e. The van der Waals surface area contributed by atoms with Crippen molar-refractivity contribution >= 4 is 17.5 Å². The van der Waals surface area contributed by atoms with Crippen molar-refractivity contribution in [3.63, 3.8) is 0 Å². The standard InChI is InChI=1S/C15H18ClNO2/c16-10-11-3-6-17(7-4-11)15(18)13-1-2-14-12(9-13)5-8-19-14/h1-2,9,11H,3-8,10H2. The first kappa shape index (κ1) is 12.8. The molecule has 102 valence electrons. The lowest BCUT2D eigenvalue weighted by atomic mass is 9.98. The molecule has 0 unspecified atom stereocenters. The minimum absolute atomic E-state index is 0.141. The Balaban J connectivity index is 1.70. The summed E-state index contributed by atoms with van der Waals surface area (Å²) >= 11 is 5.87. The van der Waals surface area contributed by atoms with Gasteiger partial charge in [0.2, 0.25) is 0 Å². The number of likely N-dealkylation sites (tertiary alicyclic amines) is 1. The van der Waals surface area contributed by atoms with Crippen LogP contribution in [0.2, 0.25) is 0 Å². The van der Waals surface area contributed by atoms with E-state index in [1.54, 1.807) is 0 Å². The van der Waals surface area contributed by atoms with Gasteiger partial charge in [-0.3, -0.25) is 4.79 Å². The van der Waals surface area contributed by atoms with Crippen LogP contribution in [0.1, 0.15) is 28.8 Å². The fourth-order valence-corrected chi connectivity index (χ4v) is 3.10. The quantitative estimate of drug-likeness (QED) is 0.779. The van der Waals surface area contributed by atoms with Crippen LogP contribution in [0.15, 0.2) is 18.2 Å². The van der Waals surface area contributed by atoms with Crippen LogP contribution in [0.5, 0.6) is 5.75 Å². The van der Waals surface area contributed by atoms with Crippen molar-refractivity contribution in [2.24, 2.45) is 5.92 Å². The number of hydrogen-bond donors (Lipinski definition) is 0. The number of hydrogen-bond acceptors (Lipinski definition) is 2. The Morgan fingerprint density at radius 1 is 1.37 bits per heavy atom. The molecule has 3 nitrogen and oxygen atoms in total. The highest BCUT2D eigenvalue weighted by atomic mass is 35.5. The summed E-state index contributed by atoms with van der Waals surface area (Å²) in [5.41, 5.74) is 1.94. The van der Waals surface area contributed by atoms with Crippen LogP contribution < -0.4 is 4.74 Å². The number of alkyl halides is 1. The van der Waals surface area contributed by atoms with Gasteiger partial charge < -0.3 is 9.64 Å². The first-order valence-corrected chi connectivity index (χ1v) is 7.42. The summed E-state index contributed by atoms with van der Waals surface area (Å²) in [6.07, 6.45) is 2.94. The molecule has 1 saturated heterocycles. The summed E-state index contributed by atoms with van der Waals surface area (Å²) in [6.45, 7) is 2.38. The third-order valence-electron chi connectivity index (χ3n) is 4.06. The van der Waals surface area contributed by atoms with Crippen molar-refractivity contribution in [3.05, 3.63) is 29.3 Å². The zero-order chi connectivity index (χ0) is 13.2. The molecule has 0 bridgehead atoms. The van der Waals surface area contributed by atoms with E-state index >= 15 is 0 Å². The van der Waals surface area contributed by atoms with Crippen LogP contribution in [0.25, 0.3) is 0 Å². The third kappa shape index (κ3) is 2.57. The number of rotatable bonds is 2. The van der Waals surface area contributed by atoms with E-state index in [1.807, 2.05) is 23.1 Å². The van der Waals surface area contributed by atoms with Crippen LogP contribution in [0.4, 0.5) is 0 Å². The Morgan fingerprint density at radius 3 is 2.89 bits per heavy atom. The summed E-state index contributed by atoms with van der Waals surface area (Å²) in [5, 5.41) is 0. The Hall–Kier alpha value is -1.22. The molecule has 0 saturated carbocycles. The van der Waals surface area contributed by atoms with Gasteiger partial charge >= 0.3 is 0 Å². The highest BCUT2D eigenvalue weighted by molar-refractivity contribution is 6.18. The third-order valence-corrected chi connectivity index (χ3v) is 4.49. The molecule has 2 heterocycles. The molecule has 0 N–H and O–H groups in total. The molecule has 0 atom stereocenters. The fourth-order valence-electron chi connectivity index (χ4n) is 2.79. The Kier molecular flexibility index (Phi) is 3.65. The molecule has 3 rings (SSSR count). The molecule has 2 aliphatic rings. The molecule has 1 amide bonds. The zero-order valence-corrected chi connectivity index (χ0v) is 11.7. The van der Waals surface area contributed by atoms with Gasteiger partial charge in [0.15, 0.2) is 0 Å². The molecule has 0 radical (unpaired) electrons. The minimum atomic E-state index is 0.141. The number of carbonyl (C=O) groups is 1. The molecule has 4 heteroatoms. The number of nitrogens with zero attached hydrogens (tertiary/aromatic N) is 1. The zero-order valence-electron chi connectivity index (χ0n) is 10.9. The second-order valence-corrected chi connectivity index (χ2v) is 5.62. The van der Waals surface area contributed by atoms with Gasteiger partial charge in [0.25, 0.3) is 5.91 Å². The molecule has 19 heavy (non-hydrogen) atoms. The molecule has 0 spiro atoms. The van der Waals surface area contributed by atoms with Crippen LogP contribution in [0, 0.1) is 5.92 Å². The lowest BCUT2D eigenvalue weighted by Crippen LogP contribution is -2.38. The lowest BCUT2D eigenvalue weighted by molar-refractivity contribution is 0.0698. The van der Waals surface area contributed by atoms with Gasteiger partial charge in [-0.25, -0.2) is 0 Å². The maximum atomic E-state index is 12.4. The summed E-state index contributed by atoms with van der Waals surface area (Å²) in [4.78, 5) is 14.4. The van der Waals surface area contributed by atoms with E-state index in [2.05, 4.69) is 0 Å². The first-order chi connectivity index (χ1) is 9.28.